The molecule has 4 rings (SSSR count). The van der Waals surface area contributed by atoms with E-state index in [1.54, 1.807) is 60.7 Å². The van der Waals surface area contributed by atoms with Gasteiger partial charge in [-0.05, 0) is 41.8 Å². The summed E-state index contributed by atoms with van der Waals surface area (Å²) >= 11 is 0. The van der Waals surface area contributed by atoms with Crippen LogP contribution in [0.15, 0.2) is 93.9 Å². The molecule has 3 aromatic rings. The largest absolute Gasteiger partial charge is 0.495 e. The monoisotopic (exact) mass is 460 g/mol. The Bertz CT molecular complexity index is 1370. The number of hydrogen-bond donors (Lipinski definition) is 1. The summed E-state index contributed by atoms with van der Waals surface area (Å²) < 4.78 is 35.7. The van der Waals surface area contributed by atoms with Crippen LogP contribution in [0.1, 0.15) is 41.3 Å². The fraction of sp³-hybridized carbons (Fsp3) is 0.154. The fourth-order valence-electron chi connectivity index (χ4n) is 3.60. The highest BCUT2D eigenvalue weighted by molar-refractivity contribution is 7.90. The van der Waals surface area contributed by atoms with Gasteiger partial charge in [0.2, 0.25) is 5.78 Å². The van der Waals surface area contributed by atoms with Gasteiger partial charge in [-0.3, -0.25) is 4.79 Å². The molecule has 0 bridgehead atoms. The number of carbonyl (C=O) groups is 1. The van der Waals surface area contributed by atoms with Gasteiger partial charge in [0.15, 0.2) is 0 Å². The first-order chi connectivity index (χ1) is 15.8. The van der Waals surface area contributed by atoms with Crippen molar-refractivity contribution < 1.29 is 17.9 Å². The summed E-state index contributed by atoms with van der Waals surface area (Å²) in [6.07, 6.45) is 1.47. The van der Waals surface area contributed by atoms with Crippen molar-refractivity contribution in [3.8, 4) is 5.75 Å². The van der Waals surface area contributed by atoms with E-state index in [2.05, 4.69) is 9.71 Å². The highest BCUT2D eigenvalue weighted by atomic mass is 32.2. The van der Waals surface area contributed by atoms with Gasteiger partial charge in [0.25, 0.3) is 10.0 Å². The molecule has 0 fully saturated rings. The summed E-state index contributed by atoms with van der Waals surface area (Å²) in [4.78, 5) is 13.2. The van der Waals surface area contributed by atoms with Gasteiger partial charge < -0.3 is 10.1 Å². The van der Waals surface area contributed by atoms with Crippen molar-refractivity contribution in [2.45, 2.75) is 24.7 Å². The molecule has 33 heavy (non-hydrogen) atoms. The Morgan fingerprint density at radius 2 is 1.52 bits per heavy atom. The van der Waals surface area contributed by atoms with Crippen molar-refractivity contribution in [2.75, 3.05) is 12.4 Å². The number of ether oxygens (including phenoxy) is 1. The minimum absolute atomic E-state index is 0.0985. The molecular weight excluding hydrogens is 436 g/mol. The summed E-state index contributed by atoms with van der Waals surface area (Å²) in [5.41, 5.74) is 2.87. The molecule has 1 aliphatic carbocycles. The third kappa shape index (κ3) is 4.59. The van der Waals surface area contributed by atoms with E-state index in [1.165, 1.54) is 13.2 Å². The molecule has 0 aromatic heterocycles. The predicted molar refractivity (Wildman–Crippen MR) is 130 cm³/mol. The number of fused-ring (bicyclic) bond motifs is 1. The van der Waals surface area contributed by atoms with Crippen LogP contribution in [-0.4, -0.2) is 27.0 Å². The van der Waals surface area contributed by atoms with Crippen LogP contribution in [0.2, 0.25) is 0 Å². The van der Waals surface area contributed by atoms with E-state index < -0.39 is 10.0 Å². The number of benzene rings is 3. The number of carbonyl (C=O) groups excluding carboxylic acids is 1. The second-order valence-corrected chi connectivity index (χ2v) is 9.54. The number of nitrogens with zero attached hydrogens (tertiary/aromatic N) is 1. The van der Waals surface area contributed by atoms with Crippen LogP contribution >= 0.6 is 0 Å². The van der Waals surface area contributed by atoms with Crippen LogP contribution in [0.3, 0.4) is 0 Å². The van der Waals surface area contributed by atoms with Crippen molar-refractivity contribution in [2.24, 2.45) is 4.40 Å². The Morgan fingerprint density at radius 1 is 0.879 bits per heavy atom. The van der Waals surface area contributed by atoms with Gasteiger partial charge in [-0.1, -0.05) is 62.4 Å². The van der Waals surface area contributed by atoms with Crippen molar-refractivity contribution in [3.05, 3.63) is 101 Å². The van der Waals surface area contributed by atoms with Crippen molar-refractivity contribution in [3.63, 3.8) is 0 Å². The normalized spacial score (nSPS) is 14.7. The van der Waals surface area contributed by atoms with Crippen LogP contribution in [0.4, 0.5) is 5.69 Å². The van der Waals surface area contributed by atoms with E-state index in [1.807, 2.05) is 26.0 Å². The molecule has 0 unspecified atom stereocenters. The zero-order valence-electron chi connectivity index (χ0n) is 18.6. The number of rotatable bonds is 6. The number of methoxy groups -OCH3 is 1. The number of allylic oxidation sites excluding steroid dienone is 2. The quantitative estimate of drug-likeness (QED) is 0.547. The number of ketones is 1. The van der Waals surface area contributed by atoms with Gasteiger partial charge in [-0.25, -0.2) is 0 Å². The lowest BCUT2D eigenvalue weighted by Crippen LogP contribution is -2.22. The Kier molecular flexibility index (Phi) is 6.16. The Hall–Kier alpha value is -3.71. The molecule has 168 valence electrons. The average molecular weight is 461 g/mol. The maximum atomic E-state index is 13.1. The SMILES string of the molecule is COc1ccccc1NC1=C/C(=N\S(=O)(=O)c2ccc(C(C)C)cc2)c2ccccc2C1=O. The molecule has 7 heteroatoms. The molecule has 0 saturated heterocycles. The van der Waals surface area contributed by atoms with Gasteiger partial charge in [0.1, 0.15) is 5.75 Å². The van der Waals surface area contributed by atoms with Crippen molar-refractivity contribution in [1.29, 1.82) is 0 Å². The van der Waals surface area contributed by atoms with Gasteiger partial charge in [0, 0.05) is 11.1 Å². The number of anilines is 1. The second-order valence-electron chi connectivity index (χ2n) is 7.93. The smallest absolute Gasteiger partial charge is 0.282 e. The molecule has 0 aliphatic heterocycles. The van der Waals surface area contributed by atoms with E-state index >= 15 is 0 Å². The molecule has 0 heterocycles. The van der Waals surface area contributed by atoms with E-state index in [9.17, 15) is 13.2 Å². The van der Waals surface area contributed by atoms with E-state index in [0.717, 1.165) is 5.56 Å². The molecule has 0 spiro atoms. The third-order valence-corrected chi connectivity index (χ3v) is 6.72. The fourth-order valence-corrected chi connectivity index (χ4v) is 4.59. The number of sulfonamides is 1. The third-order valence-electron chi connectivity index (χ3n) is 5.41. The first-order valence-electron chi connectivity index (χ1n) is 10.5. The van der Waals surface area contributed by atoms with Crippen molar-refractivity contribution >= 4 is 27.2 Å². The lowest BCUT2D eigenvalue weighted by Gasteiger charge is -2.19. The number of nitrogens with one attached hydrogen (secondary N) is 1. The molecule has 1 N–H and O–H groups in total. The Morgan fingerprint density at radius 3 is 2.18 bits per heavy atom. The molecular formula is C26H24N2O4S. The highest BCUT2D eigenvalue weighted by Gasteiger charge is 2.26. The lowest BCUT2D eigenvalue weighted by atomic mass is 9.92. The minimum Gasteiger partial charge on any atom is -0.495 e. The van der Waals surface area contributed by atoms with Gasteiger partial charge in [-0.15, -0.1) is 0 Å². The van der Waals surface area contributed by atoms with Crippen LogP contribution in [0.5, 0.6) is 5.75 Å². The summed E-state index contributed by atoms with van der Waals surface area (Å²) in [5, 5.41) is 3.08. The molecule has 3 aromatic carbocycles. The molecule has 0 amide bonds. The van der Waals surface area contributed by atoms with Crippen molar-refractivity contribution in [1.82, 2.24) is 0 Å². The zero-order chi connectivity index (χ0) is 23.6. The van der Waals surface area contributed by atoms with Crippen LogP contribution in [0.25, 0.3) is 0 Å². The van der Waals surface area contributed by atoms with Gasteiger partial charge >= 0.3 is 0 Å². The maximum Gasteiger partial charge on any atom is 0.282 e. The highest BCUT2D eigenvalue weighted by Crippen LogP contribution is 2.29. The Labute approximate surface area is 193 Å². The topological polar surface area (TPSA) is 84.8 Å². The predicted octanol–water partition coefficient (Wildman–Crippen LogP) is 5.19. The summed E-state index contributed by atoms with van der Waals surface area (Å²) in [5.74, 6) is 0.589. The van der Waals surface area contributed by atoms with Gasteiger partial charge in [0.05, 0.1) is 29.1 Å². The van der Waals surface area contributed by atoms with Crippen LogP contribution < -0.4 is 10.1 Å². The molecule has 0 radical (unpaired) electrons. The molecule has 0 saturated carbocycles. The van der Waals surface area contributed by atoms with E-state index in [0.29, 0.717) is 22.6 Å². The summed E-state index contributed by atoms with van der Waals surface area (Å²) in [7, 11) is -2.45. The van der Waals surface area contributed by atoms with Gasteiger partial charge in [-0.2, -0.15) is 12.8 Å². The zero-order valence-corrected chi connectivity index (χ0v) is 19.4. The number of Topliss-reactive ketones (excluding diaryl/α,β-unsaturated/α-hetero) is 1. The second kappa shape index (κ2) is 9.03. The van der Waals surface area contributed by atoms with E-state index in [-0.39, 0.29) is 28.0 Å². The van der Waals surface area contributed by atoms with Crippen LogP contribution in [0, 0.1) is 0 Å². The first kappa shape index (κ1) is 22.5. The minimum atomic E-state index is -3.99. The summed E-state index contributed by atoms with van der Waals surface area (Å²) in [6.45, 7) is 4.08. The first-order valence-corrected chi connectivity index (χ1v) is 11.9. The number of hydrogen-bond acceptors (Lipinski definition) is 5. The molecule has 1 aliphatic rings. The Balaban J connectivity index is 1.79. The maximum absolute atomic E-state index is 13.1. The molecule has 0 atom stereocenters. The number of para-hydroxylation sites is 2. The summed E-state index contributed by atoms with van der Waals surface area (Å²) in [6, 6.07) is 20.7. The average Bonchev–Trinajstić information content (AvgIpc) is 2.82. The van der Waals surface area contributed by atoms with Crippen LogP contribution in [-0.2, 0) is 10.0 Å². The molecule has 6 nitrogen and oxygen atoms in total. The van der Waals surface area contributed by atoms with E-state index in [4.69, 9.17) is 4.74 Å². The standard InChI is InChI=1S/C26H24N2O4S/c1-17(2)18-12-14-19(15-13-18)33(30,31)28-23-16-24(26(29)21-9-5-4-8-20(21)23)27-22-10-6-7-11-25(22)32-3/h4-17,27H,1-3H3/b28-23+. The lowest BCUT2D eigenvalue weighted by molar-refractivity contribution is 0.103.